The van der Waals surface area contributed by atoms with Crippen molar-refractivity contribution in [1.82, 2.24) is 0 Å². The number of alkyl halides is 1. The first-order valence-electron chi connectivity index (χ1n) is 9.16. The summed E-state index contributed by atoms with van der Waals surface area (Å²) in [7, 11) is 1.85. The number of hydrogen-bond donors (Lipinski definition) is 0. The quantitative estimate of drug-likeness (QED) is 0.576. The summed E-state index contributed by atoms with van der Waals surface area (Å²) in [5.74, 6) is 0. The molecule has 2 aromatic rings. The van der Waals surface area contributed by atoms with Gasteiger partial charge in [0.1, 0.15) is 14.5 Å². The number of fused-ring (bicyclic) bond motifs is 3. The standard InChI is InChI=1S/C20H21BFNO4S/c1-14-2-6-17(7-3-14)28(24,25)27-13-20(22)11-15-4-5-16(21)10-18(15)23-8-9-26-12-19(20)23/h2-7,10,19H,8-9,11-13H2,1H3. The lowest BCUT2D eigenvalue weighted by molar-refractivity contribution is -0.00999. The second kappa shape index (κ2) is 7.17. The lowest BCUT2D eigenvalue weighted by Gasteiger charge is -2.49. The highest BCUT2D eigenvalue weighted by Crippen LogP contribution is 2.40. The minimum Gasteiger partial charge on any atom is -0.377 e. The number of anilines is 1. The van der Waals surface area contributed by atoms with Crippen molar-refractivity contribution in [3.63, 3.8) is 0 Å². The summed E-state index contributed by atoms with van der Waals surface area (Å²) >= 11 is 0. The molecule has 0 aromatic heterocycles. The van der Waals surface area contributed by atoms with Crippen molar-refractivity contribution in [1.29, 1.82) is 0 Å². The zero-order valence-corrected chi connectivity index (χ0v) is 16.4. The van der Waals surface area contributed by atoms with Gasteiger partial charge in [-0.2, -0.15) is 8.42 Å². The minimum absolute atomic E-state index is 0.0161. The monoisotopic (exact) mass is 401 g/mol. The van der Waals surface area contributed by atoms with Crippen LogP contribution in [0.1, 0.15) is 11.1 Å². The summed E-state index contributed by atoms with van der Waals surface area (Å²) in [6.45, 7) is 2.44. The van der Waals surface area contributed by atoms with Gasteiger partial charge in [-0.25, -0.2) is 4.39 Å². The van der Waals surface area contributed by atoms with E-state index in [1.807, 2.05) is 17.9 Å². The molecule has 0 amide bonds. The third-order valence-electron chi connectivity index (χ3n) is 5.39. The maximum atomic E-state index is 16.1. The van der Waals surface area contributed by atoms with Crippen LogP contribution in [-0.2, 0) is 25.5 Å². The van der Waals surface area contributed by atoms with E-state index in [2.05, 4.69) is 0 Å². The predicted octanol–water partition coefficient (Wildman–Crippen LogP) is 1.66. The number of morpholine rings is 1. The van der Waals surface area contributed by atoms with Crippen LogP contribution < -0.4 is 10.4 Å². The highest BCUT2D eigenvalue weighted by atomic mass is 32.2. The molecule has 28 heavy (non-hydrogen) atoms. The van der Waals surface area contributed by atoms with E-state index in [9.17, 15) is 8.42 Å². The maximum absolute atomic E-state index is 16.1. The fourth-order valence-electron chi connectivity index (χ4n) is 3.85. The Morgan fingerprint density at radius 3 is 2.79 bits per heavy atom. The van der Waals surface area contributed by atoms with Crippen molar-refractivity contribution < 1.29 is 21.7 Å². The highest BCUT2D eigenvalue weighted by Gasteiger charge is 2.49. The topological polar surface area (TPSA) is 55.8 Å². The molecule has 0 spiro atoms. The Labute approximate surface area is 166 Å². The first kappa shape index (κ1) is 19.4. The Hall–Kier alpha value is -1.90. The smallest absolute Gasteiger partial charge is 0.297 e. The molecule has 2 aromatic carbocycles. The van der Waals surface area contributed by atoms with Gasteiger partial charge in [0, 0.05) is 18.7 Å². The molecule has 2 aliphatic heterocycles. The summed E-state index contributed by atoms with van der Waals surface area (Å²) in [6.07, 6.45) is 0.0383. The Balaban J connectivity index is 1.61. The van der Waals surface area contributed by atoms with Crippen LogP contribution in [0.4, 0.5) is 10.1 Å². The van der Waals surface area contributed by atoms with Crippen LogP contribution in [0, 0.1) is 6.92 Å². The average molecular weight is 401 g/mol. The van der Waals surface area contributed by atoms with Gasteiger partial charge < -0.3 is 9.64 Å². The lowest BCUT2D eigenvalue weighted by Crippen LogP contribution is -2.62. The molecule has 1 saturated heterocycles. The third-order valence-corrected chi connectivity index (χ3v) is 6.67. The molecule has 1 fully saturated rings. The van der Waals surface area contributed by atoms with Crippen molar-refractivity contribution in [2.45, 2.75) is 30.0 Å². The highest BCUT2D eigenvalue weighted by molar-refractivity contribution is 7.86. The number of rotatable bonds is 4. The van der Waals surface area contributed by atoms with Crippen LogP contribution in [0.5, 0.6) is 0 Å². The van der Waals surface area contributed by atoms with Crippen LogP contribution in [0.25, 0.3) is 0 Å². The van der Waals surface area contributed by atoms with E-state index in [1.165, 1.54) is 12.1 Å². The van der Waals surface area contributed by atoms with Crippen LogP contribution >= 0.6 is 0 Å². The predicted molar refractivity (Wildman–Crippen MR) is 106 cm³/mol. The summed E-state index contributed by atoms with van der Waals surface area (Å²) < 4.78 is 51.8. The van der Waals surface area contributed by atoms with Crippen LogP contribution in [0.3, 0.4) is 0 Å². The summed E-state index contributed by atoms with van der Waals surface area (Å²) in [5, 5.41) is 0. The number of halogens is 1. The second-order valence-corrected chi connectivity index (χ2v) is 9.03. The molecule has 146 valence electrons. The van der Waals surface area contributed by atoms with E-state index >= 15 is 4.39 Å². The minimum atomic E-state index is -4.06. The van der Waals surface area contributed by atoms with Gasteiger partial charge in [0.05, 0.1) is 24.2 Å². The largest absolute Gasteiger partial charge is 0.377 e. The van der Waals surface area contributed by atoms with E-state index in [0.717, 1.165) is 16.8 Å². The molecule has 8 heteroatoms. The number of ether oxygens (including phenoxy) is 1. The average Bonchev–Trinajstić information content (AvgIpc) is 2.68. The Kier molecular flexibility index (Phi) is 4.97. The van der Waals surface area contributed by atoms with Crippen LogP contribution in [-0.4, -0.2) is 54.3 Å². The number of benzene rings is 2. The Bertz CT molecular complexity index is 982. The molecule has 2 unspecified atom stereocenters. The number of nitrogens with zero attached hydrogens (tertiary/aromatic N) is 1. The summed E-state index contributed by atoms with van der Waals surface area (Å²) in [4.78, 5) is 1.93. The zero-order chi connectivity index (χ0) is 19.9. The molecule has 4 rings (SSSR count). The van der Waals surface area contributed by atoms with E-state index < -0.39 is 28.4 Å². The van der Waals surface area contributed by atoms with E-state index in [-0.39, 0.29) is 17.9 Å². The molecule has 0 N–H and O–H groups in total. The SMILES string of the molecule is [B]c1ccc2c(c1)N1CCOCC1C(F)(COS(=O)(=O)c1ccc(C)cc1)C2. The summed E-state index contributed by atoms with van der Waals surface area (Å²) in [6, 6.07) is 11.0. The molecule has 2 atom stereocenters. The molecule has 2 radical (unpaired) electrons. The van der Waals surface area contributed by atoms with Gasteiger partial charge in [0.15, 0.2) is 5.67 Å². The first-order chi connectivity index (χ1) is 13.3. The van der Waals surface area contributed by atoms with Gasteiger partial charge in [-0.15, -0.1) is 0 Å². The number of aryl methyl sites for hydroxylation is 1. The van der Waals surface area contributed by atoms with Gasteiger partial charge >= 0.3 is 0 Å². The van der Waals surface area contributed by atoms with Crippen molar-refractivity contribution in [3.05, 3.63) is 53.6 Å². The lowest BCUT2D eigenvalue weighted by atomic mass is 9.81. The fourth-order valence-corrected chi connectivity index (χ4v) is 4.81. The third kappa shape index (κ3) is 3.56. The molecular formula is C20H21BFNO4S. The molecular weight excluding hydrogens is 380 g/mol. The van der Waals surface area contributed by atoms with Gasteiger partial charge in [0.2, 0.25) is 0 Å². The first-order valence-corrected chi connectivity index (χ1v) is 10.6. The second-order valence-electron chi connectivity index (χ2n) is 7.41. The number of hydrogen-bond acceptors (Lipinski definition) is 5. The van der Waals surface area contributed by atoms with Gasteiger partial charge in [-0.05, 0) is 30.7 Å². The Morgan fingerprint density at radius 1 is 1.29 bits per heavy atom. The molecule has 0 aliphatic carbocycles. The van der Waals surface area contributed by atoms with E-state index in [4.69, 9.17) is 16.8 Å². The van der Waals surface area contributed by atoms with E-state index in [0.29, 0.717) is 18.6 Å². The summed E-state index contributed by atoms with van der Waals surface area (Å²) in [5.41, 5.74) is 1.29. The van der Waals surface area contributed by atoms with Crippen molar-refractivity contribution in [2.75, 3.05) is 31.3 Å². The molecule has 5 nitrogen and oxygen atoms in total. The normalized spacial score (nSPS) is 24.5. The van der Waals surface area contributed by atoms with Crippen LogP contribution in [0.2, 0.25) is 0 Å². The van der Waals surface area contributed by atoms with Gasteiger partial charge in [0.25, 0.3) is 10.1 Å². The van der Waals surface area contributed by atoms with Crippen LogP contribution in [0.15, 0.2) is 47.4 Å². The molecule has 0 bridgehead atoms. The van der Waals surface area contributed by atoms with Gasteiger partial charge in [-0.1, -0.05) is 35.3 Å². The zero-order valence-electron chi connectivity index (χ0n) is 15.6. The van der Waals surface area contributed by atoms with Crippen molar-refractivity contribution in [3.8, 4) is 0 Å². The van der Waals surface area contributed by atoms with E-state index in [1.54, 1.807) is 24.3 Å². The molecule has 2 heterocycles. The van der Waals surface area contributed by atoms with Gasteiger partial charge in [-0.3, -0.25) is 4.18 Å². The maximum Gasteiger partial charge on any atom is 0.297 e. The van der Waals surface area contributed by atoms with Crippen molar-refractivity contribution >= 4 is 29.1 Å². The fraction of sp³-hybridized carbons (Fsp3) is 0.400. The Morgan fingerprint density at radius 2 is 2.04 bits per heavy atom. The van der Waals surface area contributed by atoms with Crippen molar-refractivity contribution in [2.24, 2.45) is 0 Å². The molecule has 0 saturated carbocycles. The molecule has 2 aliphatic rings.